The largest absolute Gasteiger partial charge is 0.292 e. The molecule has 0 aliphatic carbocycles. The molecule has 0 aromatic heterocycles. The molecule has 1 atom stereocenters. The lowest BCUT2D eigenvalue weighted by atomic mass is 9.97. The molecule has 0 spiro atoms. The molecule has 2 rings (SSSR count). The minimum Gasteiger partial charge on any atom is -0.292 e. The number of allylic oxidation sites excluding steroid dienone is 4. The van der Waals surface area contributed by atoms with Gasteiger partial charge in [-0.3, -0.25) is 4.90 Å². The normalized spacial score (nSPS) is 17.1. The molecule has 0 bridgehead atoms. The second-order valence-corrected chi connectivity index (χ2v) is 5.70. The van der Waals surface area contributed by atoms with Gasteiger partial charge in [0.05, 0.1) is 0 Å². The Morgan fingerprint density at radius 1 is 1.18 bits per heavy atom. The maximum atomic E-state index is 3.75. The molecule has 22 heavy (non-hydrogen) atoms. The van der Waals surface area contributed by atoms with E-state index in [1.165, 1.54) is 22.3 Å². The number of nitrogens with zero attached hydrogens (tertiary/aromatic N) is 1. The lowest BCUT2D eigenvalue weighted by molar-refractivity contribution is 0.214. The fourth-order valence-electron chi connectivity index (χ4n) is 2.85. The molecule has 1 aromatic carbocycles. The number of hydrogen-bond acceptors (Lipinski definition) is 1. The van der Waals surface area contributed by atoms with Crippen LogP contribution < -0.4 is 0 Å². The molecule has 1 aliphatic rings. The van der Waals surface area contributed by atoms with E-state index >= 15 is 0 Å². The van der Waals surface area contributed by atoms with Crippen LogP contribution in [0.4, 0.5) is 0 Å². The second-order valence-electron chi connectivity index (χ2n) is 5.70. The standard InChI is InChI=1S/C19H25N.C2H6/c1-5-8-15(2)13-16(3)17(4)20-12-11-18-9-6-7-10-19(18)14-20;1-2/h5-10,13,17H,1,11-12,14H2,2-4H3;1-2H3/b15-8-,16-13+;. The summed E-state index contributed by atoms with van der Waals surface area (Å²) in [6.07, 6.45) is 7.34. The Balaban J connectivity index is 0.00000116. The van der Waals surface area contributed by atoms with Crippen LogP contribution in [0.25, 0.3) is 0 Å². The van der Waals surface area contributed by atoms with Crippen molar-refractivity contribution < 1.29 is 0 Å². The van der Waals surface area contributed by atoms with Gasteiger partial charge in [-0.25, -0.2) is 0 Å². The van der Waals surface area contributed by atoms with Gasteiger partial charge in [-0.05, 0) is 38.3 Å². The fourth-order valence-corrected chi connectivity index (χ4v) is 2.85. The van der Waals surface area contributed by atoms with E-state index < -0.39 is 0 Å². The first-order valence-electron chi connectivity index (χ1n) is 8.40. The van der Waals surface area contributed by atoms with Crippen molar-refractivity contribution in [3.8, 4) is 0 Å². The van der Waals surface area contributed by atoms with E-state index in [0.717, 1.165) is 19.5 Å². The molecule has 1 nitrogen and oxygen atoms in total. The second kappa shape index (κ2) is 9.42. The molecule has 1 heteroatoms. The smallest absolute Gasteiger partial charge is 0.0283 e. The SMILES string of the molecule is C=C/C=C(C)\C=C(/C)C(C)N1CCc2ccccc2C1.CC. The highest BCUT2D eigenvalue weighted by atomic mass is 15.2. The third-order valence-corrected chi connectivity index (χ3v) is 4.20. The molecule has 0 saturated carbocycles. The summed E-state index contributed by atoms with van der Waals surface area (Å²) < 4.78 is 0. The third kappa shape index (κ3) is 4.99. The van der Waals surface area contributed by atoms with Gasteiger partial charge in [-0.2, -0.15) is 0 Å². The highest BCUT2D eigenvalue weighted by molar-refractivity contribution is 5.31. The molecule has 0 radical (unpaired) electrons. The van der Waals surface area contributed by atoms with Crippen LogP contribution in [0.3, 0.4) is 0 Å². The number of fused-ring (bicyclic) bond motifs is 1. The van der Waals surface area contributed by atoms with Crippen molar-refractivity contribution in [3.05, 3.63) is 71.3 Å². The monoisotopic (exact) mass is 297 g/mol. The average Bonchev–Trinajstić information content (AvgIpc) is 2.55. The Morgan fingerprint density at radius 3 is 2.45 bits per heavy atom. The van der Waals surface area contributed by atoms with Crippen LogP contribution in [-0.2, 0) is 13.0 Å². The number of rotatable bonds is 4. The molecule has 1 heterocycles. The predicted molar refractivity (Wildman–Crippen MR) is 99.1 cm³/mol. The van der Waals surface area contributed by atoms with Crippen molar-refractivity contribution in [1.29, 1.82) is 0 Å². The summed E-state index contributed by atoms with van der Waals surface area (Å²) in [5.74, 6) is 0. The van der Waals surface area contributed by atoms with Gasteiger partial charge in [-0.1, -0.05) is 74.1 Å². The van der Waals surface area contributed by atoms with E-state index in [1.807, 2.05) is 19.9 Å². The lowest BCUT2D eigenvalue weighted by Crippen LogP contribution is -2.38. The Kier molecular flexibility index (Phi) is 7.90. The van der Waals surface area contributed by atoms with Gasteiger partial charge in [0.1, 0.15) is 0 Å². The Labute approximate surface area is 137 Å². The molecule has 1 aromatic rings. The first kappa shape index (κ1) is 18.4. The van der Waals surface area contributed by atoms with E-state index in [9.17, 15) is 0 Å². The van der Waals surface area contributed by atoms with Crippen LogP contribution in [0.2, 0.25) is 0 Å². The van der Waals surface area contributed by atoms with E-state index in [-0.39, 0.29) is 0 Å². The number of hydrogen-bond donors (Lipinski definition) is 0. The molecule has 0 amide bonds. The molecule has 0 saturated heterocycles. The molecule has 0 N–H and O–H groups in total. The first-order chi connectivity index (χ1) is 10.6. The molecule has 0 fully saturated rings. The molecular weight excluding hydrogens is 266 g/mol. The highest BCUT2D eigenvalue weighted by Gasteiger charge is 2.20. The van der Waals surface area contributed by atoms with Crippen LogP contribution in [0.1, 0.15) is 45.7 Å². The highest BCUT2D eigenvalue weighted by Crippen LogP contribution is 2.23. The summed E-state index contributed by atoms with van der Waals surface area (Å²) in [5, 5.41) is 0. The van der Waals surface area contributed by atoms with Crippen LogP contribution >= 0.6 is 0 Å². The third-order valence-electron chi connectivity index (χ3n) is 4.20. The summed E-state index contributed by atoms with van der Waals surface area (Å²) in [7, 11) is 0. The summed E-state index contributed by atoms with van der Waals surface area (Å²) in [5.41, 5.74) is 5.68. The average molecular weight is 297 g/mol. The minimum absolute atomic E-state index is 0.483. The van der Waals surface area contributed by atoms with Gasteiger partial charge < -0.3 is 0 Å². The van der Waals surface area contributed by atoms with Gasteiger partial charge in [-0.15, -0.1) is 0 Å². The van der Waals surface area contributed by atoms with Gasteiger partial charge in [0.2, 0.25) is 0 Å². The summed E-state index contributed by atoms with van der Waals surface area (Å²) in [4.78, 5) is 2.56. The molecular formula is C21H31N. The maximum absolute atomic E-state index is 3.75. The zero-order valence-corrected chi connectivity index (χ0v) is 14.9. The maximum Gasteiger partial charge on any atom is 0.0283 e. The van der Waals surface area contributed by atoms with Crippen LogP contribution in [-0.4, -0.2) is 17.5 Å². The van der Waals surface area contributed by atoms with Gasteiger partial charge in [0, 0.05) is 19.1 Å². The van der Waals surface area contributed by atoms with Crippen molar-refractivity contribution in [3.63, 3.8) is 0 Å². The minimum atomic E-state index is 0.483. The van der Waals surface area contributed by atoms with Crippen molar-refractivity contribution >= 4 is 0 Å². The van der Waals surface area contributed by atoms with E-state index in [2.05, 4.69) is 68.7 Å². The fraction of sp³-hybridized carbons (Fsp3) is 0.429. The van der Waals surface area contributed by atoms with Crippen molar-refractivity contribution in [2.75, 3.05) is 6.54 Å². The van der Waals surface area contributed by atoms with E-state index in [4.69, 9.17) is 0 Å². The summed E-state index contributed by atoms with van der Waals surface area (Å²) in [6, 6.07) is 9.29. The van der Waals surface area contributed by atoms with Crippen molar-refractivity contribution in [1.82, 2.24) is 4.90 Å². The first-order valence-corrected chi connectivity index (χ1v) is 8.40. The zero-order valence-electron chi connectivity index (χ0n) is 14.9. The topological polar surface area (TPSA) is 3.24 Å². The quantitative estimate of drug-likeness (QED) is 0.660. The van der Waals surface area contributed by atoms with Crippen LogP contribution in [0.5, 0.6) is 0 Å². The molecule has 1 aliphatic heterocycles. The van der Waals surface area contributed by atoms with Crippen molar-refractivity contribution in [2.45, 2.75) is 53.6 Å². The predicted octanol–water partition coefficient (Wildman–Crippen LogP) is 5.54. The molecule has 120 valence electrons. The zero-order chi connectivity index (χ0) is 16.5. The van der Waals surface area contributed by atoms with Gasteiger partial charge >= 0.3 is 0 Å². The van der Waals surface area contributed by atoms with Crippen LogP contribution in [0.15, 0.2) is 60.2 Å². The Morgan fingerprint density at radius 2 is 1.82 bits per heavy atom. The van der Waals surface area contributed by atoms with Gasteiger partial charge in [0.15, 0.2) is 0 Å². The van der Waals surface area contributed by atoms with E-state index in [0.29, 0.717) is 6.04 Å². The summed E-state index contributed by atoms with van der Waals surface area (Å²) in [6.45, 7) is 16.6. The number of benzene rings is 1. The lowest BCUT2D eigenvalue weighted by Gasteiger charge is -2.34. The Hall–Kier alpha value is -1.60. The van der Waals surface area contributed by atoms with Crippen molar-refractivity contribution in [2.24, 2.45) is 0 Å². The Bertz CT molecular complexity index is 537. The van der Waals surface area contributed by atoms with Crippen LogP contribution in [0, 0.1) is 0 Å². The van der Waals surface area contributed by atoms with Gasteiger partial charge in [0.25, 0.3) is 0 Å². The van der Waals surface area contributed by atoms with E-state index in [1.54, 1.807) is 0 Å². The molecule has 1 unspecified atom stereocenters. The summed E-state index contributed by atoms with van der Waals surface area (Å²) >= 11 is 0.